The molecule has 0 N–H and O–H groups in total. The number of aromatic nitrogens is 3. The van der Waals surface area contributed by atoms with Crippen LogP contribution in [0.2, 0.25) is 0 Å². The van der Waals surface area contributed by atoms with Crippen LogP contribution in [0.5, 0.6) is 0 Å². The third-order valence-corrected chi connectivity index (χ3v) is 2.82. The zero-order chi connectivity index (χ0) is 12.6. The molecule has 1 aromatic heterocycles. The van der Waals surface area contributed by atoms with Crippen LogP contribution in [0.1, 0.15) is 19.9 Å². The van der Waals surface area contributed by atoms with Crippen LogP contribution < -0.4 is 0 Å². The number of halogens is 3. The fourth-order valence-corrected chi connectivity index (χ4v) is 1.96. The largest absolute Gasteiger partial charge is 0.311 e. The van der Waals surface area contributed by atoms with Crippen LogP contribution in [0.25, 0.3) is 11.4 Å². The molecule has 0 aliphatic heterocycles. The Hall–Kier alpha value is -1.30. The molecule has 17 heavy (non-hydrogen) atoms. The highest BCUT2D eigenvalue weighted by atomic mass is 79.9. The number of hydrogen-bond donors (Lipinski definition) is 0. The molecule has 0 unspecified atom stereocenters. The molecule has 6 heteroatoms. The summed E-state index contributed by atoms with van der Waals surface area (Å²) >= 11 is 3.04. The molecule has 0 aliphatic carbocycles. The van der Waals surface area contributed by atoms with E-state index in [4.69, 9.17) is 0 Å². The molecule has 0 radical (unpaired) electrons. The topological polar surface area (TPSA) is 30.7 Å². The molecule has 2 rings (SSSR count). The molecule has 0 fully saturated rings. The Morgan fingerprint density at radius 2 is 1.82 bits per heavy atom. The van der Waals surface area contributed by atoms with Crippen molar-refractivity contribution >= 4 is 15.9 Å². The Bertz CT molecular complexity index is 528. The Labute approximate surface area is 106 Å². The summed E-state index contributed by atoms with van der Waals surface area (Å²) < 4.78 is 29.5. The van der Waals surface area contributed by atoms with Crippen molar-refractivity contribution in [2.24, 2.45) is 0 Å². The van der Waals surface area contributed by atoms with Gasteiger partial charge in [-0.1, -0.05) is 15.9 Å². The van der Waals surface area contributed by atoms with Crippen LogP contribution in [-0.2, 0) is 0 Å². The van der Waals surface area contributed by atoms with Crippen LogP contribution in [0.4, 0.5) is 8.78 Å². The van der Waals surface area contributed by atoms with E-state index in [-0.39, 0.29) is 17.4 Å². The molecule has 1 heterocycles. The molecule has 90 valence electrons. The van der Waals surface area contributed by atoms with Gasteiger partial charge in [-0.2, -0.15) is 0 Å². The molecule has 0 saturated carbocycles. The Morgan fingerprint density at radius 3 is 2.35 bits per heavy atom. The first kappa shape index (κ1) is 12.2. The van der Waals surface area contributed by atoms with E-state index in [0.29, 0.717) is 4.47 Å². The highest BCUT2D eigenvalue weighted by molar-refractivity contribution is 9.10. The van der Waals surface area contributed by atoms with E-state index >= 15 is 0 Å². The lowest BCUT2D eigenvalue weighted by Gasteiger charge is -2.11. The second-order valence-corrected chi connectivity index (χ2v) is 4.82. The van der Waals surface area contributed by atoms with E-state index in [1.165, 1.54) is 18.5 Å². The normalized spacial score (nSPS) is 11.2. The number of hydrogen-bond acceptors (Lipinski definition) is 2. The van der Waals surface area contributed by atoms with E-state index in [9.17, 15) is 8.78 Å². The second-order valence-electron chi connectivity index (χ2n) is 3.90. The maximum absolute atomic E-state index is 13.8. The van der Waals surface area contributed by atoms with Crippen LogP contribution in [0.3, 0.4) is 0 Å². The fourth-order valence-electron chi connectivity index (χ4n) is 1.56. The van der Waals surface area contributed by atoms with Crippen molar-refractivity contribution in [2.75, 3.05) is 0 Å². The molecule has 2 aromatic rings. The van der Waals surface area contributed by atoms with Gasteiger partial charge >= 0.3 is 0 Å². The predicted octanol–water partition coefficient (Wildman–Crippen LogP) is 3.57. The summed E-state index contributed by atoms with van der Waals surface area (Å²) in [5.74, 6) is -1.12. The van der Waals surface area contributed by atoms with Gasteiger partial charge in [0, 0.05) is 10.5 Å². The minimum Gasteiger partial charge on any atom is -0.311 e. The monoisotopic (exact) mass is 301 g/mol. The van der Waals surface area contributed by atoms with Gasteiger partial charge in [0.15, 0.2) is 5.82 Å². The van der Waals surface area contributed by atoms with Crippen molar-refractivity contribution in [3.05, 3.63) is 34.6 Å². The van der Waals surface area contributed by atoms with E-state index in [1.807, 2.05) is 13.8 Å². The predicted molar refractivity (Wildman–Crippen MR) is 63.5 cm³/mol. The Kier molecular flexibility index (Phi) is 3.24. The number of rotatable bonds is 2. The highest BCUT2D eigenvalue weighted by Gasteiger charge is 2.19. The van der Waals surface area contributed by atoms with E-state index in [1.54, 1.807) is 4.57 Å². The second kappa shape index (κ2) is 4.52. The first-order valence-electron chi connectivity index (χ1n) is 5.05. The van der Waals surface area contributed by atoms with Gasteiger partial charge in [-0.15, -0.1) is 10.2 Å². The van der Waals surface area contributed by atoms with Gasteiger partial charge in [-0.25, -0.2) is 8.78 Å². The molecular weight excluding hydrogens is 292 g/mol. The van der Waals surface area contributed by atoms with Crippen molar-refractivity contribution in [3.8, 4) is 11.4 Å². The molecule has 0 saturated heterocycles. The van der Waals surface area contributed by atoms with Gasteiger partial charge in [0.2, 0.25) is 0 Å². The van der Waals surface area contributed by atoms with E-state index in [0.717, 1.165) is 0 Å². The molecular formula is C11H10BrF2N3. The minimum atomic E-state index is -0.660. The lowest BCUT2D eigenvalue weighted by Crippen LogP contribution is -2.04. The van der Waals surface area contributed by atoms with Gasteiger partial charge in [0.1, 0.15) is 18.0 Å². The highest BCUT2D eigenvalue weighted by Crippen LogP contribution is 2.28. The van der Waals surface area contributed by atoms with Gasteiger partial charge in [-0.3, -0.25) is 0 Å². The molecule has 0 amide bonds. The average Bonchev–Trinajstić information content (AvgIpc) is 2.64. The summed E-state index contributed by atoms with van der Waals surface area (Å²) in [5.41, 5.74) is -0.153. The standard InChI is InChI=1S/C11H10BrF2N3/c1-6(2)17-5-15-16-11(17)10-8(13)3-7(12)4-9(10)14/h3-6H,1-2H3. The molecule has 0 aliphatic rings. The summed E-state index contributed by atoms with van der Waals surface area (Å²) in [6, 6.07) is 2.44. The lowest BCUT2D eigenvalue weighted by atomic mass is 10.1. The first-order valence-corrected chi connectivity index (χ1v) is 5.84. The zero-order valence-electron chi connectivity index (χ0n) is 9.28. The molecule has 0 atom stereocenters. The van der Waals surface area contributed by atoms with Crippen LogP contribution in [0.15, 0.2) is 22.9 Å². The molecule has 0 bridgehead atoms. The van der Waals surface area contributed by atoms with Crippen molar-refractivity contribution in [1.82, 2.24) is 14.8 Å². The summed E-state index contributed by atoms with van der Waals surface area (Å²) in [7, 11) is 0. The fraction of sp³-hybridized carbons (Fsp3) is 0.273. The maximum atomic E-state index is 13.8. The third kappa shape index (κ3) is 2.22. The van der Waals surface area contributed by atoms with Crippen LogP contribution in [-0.4, -0.2) is 14.8 Å². The quantitative estimate of drug-likeness (QED) is 0.849. The first-order chi connectivity index (χ1) is 8.00. The van der Waals surface area contributed by atoms with Crippen molar-refractivity contribution in [3.63, 3.8) is 0 Å². The van der Waals surface area contributed by atoms with E-state index in [2.05, 4.69) is 26.1 Å². The summed E-state index contributed by atoms with van der Waals surface area (Å²) in [6.07, 6.45) is 1.46. The third-order valence-electron chi connectivity index (χ3n) is 2.36. The molecule has 3 nitrogen and oxygen atoms in total. The van der Waals surface area contributed by atoms with Gasteiger partial charge < -0.3 is 4.57 Å². The number of benzene rings is 1. The smallest absolute Gasteiger partial charge is 0.169 e. The molecule has 0 spiro atoms. The lowest BCUT2D eigenvalue weighted by molar-refractivity contribution is 0.569. The summed E-state index contributed by atoms with van der Waals surface area (Å²) in [4.78, 5) is 0. The maximum Gasteiger partial charge on any atom is 0.169 e. The van der Waals surface area contributed by atoms with Crippen LogP contribution >= 0.6 is 15.9 Å². The minimum absolute atomic E-state index is 0.0300. The van der Waals surface area contributed by atoms with E-state index < -0.39 is 11.6 Å². The summed E-state index contributed by atoms with van der Waals surface area (Å²) in [5, 5.41) is 7.47. The average molecular weight is 302 g/mol. The van der Waals surface area contributed by atoms with Gasteiger partial charge in [0.05, 0.1) is 5.56 Å². The van der Waals surface area contributed by atoms with Crippen LogP contribution in [0, 0.1) is 11.6 Å². The number of nitrogens with zero attached hydrogens (tertiary/aromatic N) is 3. The van der Waals surface area contributed by atoms with Crippen molar-refractivity contribution in [2.45, 2.75) is 19.9 Å². The van der Waals surface area contributed by atoms with Gasteiger partial charge in [0.25, 0.3) is 0 Å². The Morgan fingerprint density at radius 1 is 1.24 bits per heavy atom. The summed E-state index contributed by atoms with van der Waals surface area (Å²) in [6.45, 7) is 3.78. The molecule has 1 aromatic carbocycles. The van der Waals surface area contributed by atoms with Crippen molar-refractivity contribution in [1.29, 1.82) is 0 Å². The van der Waals surface area contributed by atoms with Gasteiger partial charge in [-0.05, 0) is 26.0 Å². The van der Waals surface area contributed by atoms with Crippen molar-refractivity contribution < 1.29 is 8.78 Å². The Balaban J connectivity index is 2.64. The zero-order valence-corrected chi connectivity index (χ0v) is 10.9. The SMILES string of the molecule is CC(C)n1cnnc1-c1c(F)cc(Br)cc1F.